The van der Waals surface area contributed by atoms with Crippen molar-refractivity contribution >= 4 is 17.3 Å². The molecule has 16 heavy (non-hydrogen) atoms. The lowest BCUT2D eigenvalue weighted by molar-refractivity contribution is -0.783. The molecule has 5 heteroatoms. The molecule has 0 aromatic heterocycles. The molecule has 0 radical (unpaired) electrons. The highest BCUT2D eigenvalue weighted by Crippen LogP contribution is 2.33. The van der Waals surface area contributed by atoms with Crippen LogP contribution in [0.3, 0.4) is 0 Å². The monoisotopic (exact) mass is 218 g/mol. The van der Waals surface area contributed by atoms with Crippen LogP contribution in [0.5, 0.6) is 0 Å². The first-order valence-corrected chi connectivity index (χ1v) is 5.45. The van der Waals surface area contributed by atoms with Crippen molar-refractivity contribution in [2.45, 2.75) is 19.8 Å². The molecular formula is C11H14N4O. The Morgan fingerprint density at radius 3 is 2.88 bits per heavy atom. The van der Waals surface area contributed by atoms with Gasteiger partial charge in [0.2, 0.25) is 0 Å². The van der Waals surface area contributed by atoms with Crippen molar-refractivity contribution < 1.29 is 5.17 Å². The third kappa shape index (κ3) is 1.36. The Morgan fingerprint density at radius 2 is 2.12 bits per heavy atom. The fourth-order valence-corrected chi connectivity index (χ4v) is 2.51. The number of nitrogens with two attached hydrogens (primary N) is 1. The predicted molar refractivity (Wildman–Crippen MR) is 62.2 cm³/mol. The van der Waals surface area contributed by atoms with Gasteiger partial charge >= 0.3 is 0 Å². The zero-order valence-electron chi connectivity index (χ0n) is 9.08. The average molecular weight is 218 g/mol. The van der Waals surface area contributed by atoms with Gasteiger partial charge in [-0.25, -0.2) is 5.17 Å². The first kappa shape index (κ1) is 9.62. The van der Waals surface area contributed by atoms with E-state index < -0.39 is 0 Å². The van der Waals surface area contributed by atoms with Crippen molar-refractivity contribution in [1.82, 2.24) is 0 Å². The van der Waals surface area contributed by atoms with Crippen LogP contribution in [0.25, 0.3) is 0 Å². The summed E-state index contributed by atoms with van der Waals surface area (Å²) in [7, 11) is 0. The molecule has 0 saturated heterocycles. The summed E-state index contributed by atoms with van der Waals surface area (Å²) in [5, 5.41) is 18.1. The first-order chi connectivity index (χ1) is 7.63. The zero-order chi connectivity index (χ0) is 11.3. The van der Waals surface area contributed by atoms with Crippen LogP contribution in [0.2, 0.25) is 0 Å². The molecule has 1 aromatic carbocycles. The van der Waals surface area contributed by atoms with Gasteiger partial charge in [-0.1, -0.05) is 6.92 Å². The van der Waals surface area contributed by atoms with Gasteiger partial charge in [0, 0.05) is 6.07 Å². The number of nitrogens with zero attached hydrogens (tertiary/aromatic N) is 1. The van der Waals surface area contributed by atoms with Crippen molar-refractivity contribution in [3.63, 3.8) is 0 Å². The van der Waals surface area contributed by atoms with Gasteiger partial charge in [0.25, 0.3) is 5.96 Å². The Bertz CT molecular complexity index is 483. The molecule has 2 unspecified atom stereocenters. The fraction of sp³-hybridized carbons (Fsp3) is 0.364. The van der Waals surface area contributed by atoms with Gasteiger partial charge in [0.05, 0.1) is 0 Å². The molecule has 0 saturated carbocycles. The highest BCUT2D eigenvalue weighted by molar-refractivity contribution is 5.95. The number of anilines is 1. The Hall–Kier alpha value is -1.59. The molecule has 0 fully saturated rings. The second-order valence-electron chi connectivity index (χ2n) is 4.61. The maximum Gasteiger partial charge on any atom is 0.252 e. The van der Waals surface area contributed by atoms with Gasteiger partial charge in [0.15, 0.2) is 5.69 Å². The maximum absolute atomic E-state index is 11.7. The average Bonchev–Trinajstić information content (AvgIpc) is 2.54. The van der Waals surface area contributed by atoms with E-state index >= 15 is 0 Å². The van der Waals surface area contributed by atoms with E-state index in [1.165, 1.54) is 11.1 Å². The van der Waals surface area contributed by atoms with E-state index in [-0.39, 0.29) is 11.1 Å². The first-order valence-electron chi connectivity index (χ1n) is 5.45. The van der Waals surface area contributed by atoms with Crippen molar-refractivity contribution in [1.29, 1.82) is 0 Å². The summed E-state index contributed by atoms with van der Waals surface area (Å²) in [5.41, 5.74) is 9.56. The van der Waals surface area contributed by atoms with E-state index in [4.69, 9.17) is 5.73 Å². The Balaban J connectivity index is 2.09. The minimum Gasteiger partial charge on any atom is -0.601 e. The van der Waals surface area contributed by atoms with E-state index in [2.05, 4.69) is 17.3 Å². The van der Waals surface area contributed by atoms with Gasteiger partial charge in [-0.05, 0) is 41.1 Å². The number of quaternary nitrogens is 1. The lowest BCUT2D eigenvalue weighted by Crippen LogP contribution is -2.98. The van der Waals surface area contributed by atoms with Crippen LogP contribution in [0, 0.1) is 11.1 Å². The quantitative estimate of drug-likeness (QED) is 0.540. The van der Waals surface area contributed by atoms with Crippen LogP contribution in [0.1, 0.15) is 18.1 Å². The smallest absolute Gasteiger partial charge is 0.252 e. The predicted octanol–water partition coefficient (Wildman–Crippen LogP) is 0.0907. The summed E-state index contributed by atoms with van der Waals surface area (Å²) in [6, 6.07) is 3.99. The second-order valence-corrected chi connectivity index (χ2v) is 4.61. The topological polar surface area (TPSA) is 77.9 Å². The number of rotatable bonds is 0. The summed E-state index contributed by atoms with van der Waals surface area (Å²) < 4.78 is 0. The lowest BCUT2D eigenvalue weighted by Gasteiger charge is -2.24. The Labute approximate surface area is 93.5 Å². The molecule has 4 N–H and O–H groups in total. The normalized spacial score (nSPS) is 26.8. The highest BCUT2D eigenvalue weighted by Gasteiger charge is 2.24. The molecule has 1 heterocycles. The summed E-state index contributed by atoms with van der Waals surface area (Å²) in [5.74, 6) is 0.843. The third-order valence-electron chi connectivity index (χ3n) is 3.19. The van der Waals surface area contributed by atoms with Crippen LogP contribution in [-0.2, 0) is 12.8 Å². The van der Waals surface area contributed by atoms with E-state index in [9.17, 15) is 5.21 Å². The van der Waals surface area contributed by atoms with Crippen LogP contribution < -0.4 is 16.2 Å². The Kier molecular flexibility index (Phi) is 1.92. The standard InChI is InChI=1S/C11H14N4O/c1-6-2-7-4-9-10(5-8(7)3-6)15(16)14-11(12)13-9/h4-6,15H,2-3H2,1H3,(H3,12,13,14). The van der Waals surface area contributed by atoms with E-state index in [1.807, 2.05) is 12.1 Å². The molecular weight excluding hydrogens is 204 g/mol. The third-order valence-corrected chi connectivity index (χ3v) is 3.19. The minimum absolute atomic E-state index is 0.184. The molecule has 2 atom stereocenters. The van der Waals surface area contributed by atoms with Crippen LogP contribution in [0.15, 0.2) is 17.2 Å². The second kappa shape index (κ2) is 3.20. The fourth-order valence-electron chi connectivity index (χ4n) is 2.51. The van der Waals surface area contributed by atoms with Gasteiger partial charge < -0.3 is 16.3 Å². The van der Waals surface area contributed by atoms with Crippen molar-refractivity contribution in [3.05, 3.63) is 28.5 Å². The number of hydrogen-bond acceptors (Lipinski definition) is 4. The van der Waals surface area contributed by atoms with Crippen molar-refractivity contribution in [3.8, 4) is 0 Å². The maximum atomic E-state index is 11.7. The molecule has 5 nitrogen and oxygen atoms in total. The number of benzene rings is 1. The van der Waals surface area contributed by atoms with E-state index in [1.54, 1.807) is 0 Å². The minimum atomic E-state index is -0.242. The van der Waals surface area contributed by atoms with Crippen LogP contribution in [0.4, 0.5) is 11.4 Å². The number of guanidine groups is 1. The molecule has 0 amide bonds. The Morgan fingerprint density at radius 1 is 1.44 bits per heavy atom. The summed E-state index contributed by atoms with van der Waals surface area (Å²) in [6.07, 6.45) is 2.13. The van der Waals surface area contributed by atoms with Crippen molar-refractivity contribution in [2.75, 3.05) is 5.32 Å². The zero-order valence-corrected chi connectivity index (χ0v) is 9.08. The summed E-state index contributed by atoms with van der Waals surface area (Å²) in [6.45, 7) is 2.22. The lowest BCUT2D eigenvalue weighted by atomic mass is 10.1. The van der Waals surface area contributed by atoms with Gasteiger partial charge in [-0.15, -0.1) is 0 Å². The van der Waals surface area contributed by atoms with Gasteiger partial charge in [-0.2, -0.15) is 0 Å². The largest absolute Gasteiger partial charge is 0.601 e. The molecule has 2 aliphatic rings. The molecule has 3 rings (SSSR count). The van der Waals surface area contributed by atoms with Crippen molar-refractivity contribution in [2.24, 2.45) is 16.8 Å². The molecule has 1 aliphatic heterocycles. The number of hydrogen-bond donors (Lipinski definition) is 3. The summed E-state index contributed by atoms with van der Waals surface area (Å²) in [4.78, 5) is 0. The molecule has 0 spiro atoms. The highest BCUT2D eigenvalue weighted by atomic mass is 16.5. The van der Waals surface area contributed by atoms with E-state index in [0.717, 1.165) is 18.5 Å². The van der Waals surface area contributed by atoms with E-state index in [0.29, 0.717) is 11.6 Å². The molecule has 1 aliphatic carbocycles. The molecule has 1 aromatic rings. The number of nitrogens with one attached hydrogen (secondary N) is 2. The molecule has 84 valence electrons. The van der Waals surface area contributed by atoms with Crippen LogP contribution in [-0.4, -0.2) is 5.96 Å². The number of fused-ring (bicyclic) bond motifs is 2. The van der Waals surface area contributed by atoms with Gasteiger partial charge in [-0.3, -0.25) is 0 Å². The van der Waals surface area contributed by atoms with Gasteiger partial charge in [0.1, 0.15) is 5.69 Å². The van der Waals surface area contributed by atoms with Crippen LogP contribution >= 0.6 is 0 Å². The SMILES string of the molecule is CC1Cc2cc3c(cc2C1)[NH+]([O-])N=C(N)N3. The molecule has 0 bridgehead atoms. The summed E-state index contributed by atoms with van der Waals surface area (Å²) >= 11 is 0.